The summed E-state index contributed by atoms with van der Waals surface area (Å²) in [6, 6.07) is 8.60. The molecule has 2 N–H and O–H groups in total. The van der Waals surface area contributed by atoms with Crippen LogP contribution < -0.4 is 5.32 Å². The molecule has 1 fully saturated rings. The highest BCUT2D eigenvalue weighted by molar-refractivity contribution is 7.99. The van der Waals surface area contributed by atoms with Crippen molar-refractivity contribution in [1.82, 2.24) is 10.2 Å². The molecule has 0 saturated carbocycles. The molecule has 1 unspecified atom stereocenters. The van der Waals surface area contributed by atoms with Crippen LogP contribution in [0.4, 0.5) is 0 Å². The van der Waals surface area contributed by atoms with Gasteiger partial charge in [0.1, 0.15) is 0 Å². The first kappa shape index (κ1) is 13.4. The first-order valence-corrected chi connectivity index (χ1v) is 8.14. The number of aliphatic hydroxyl groups excluding tert-OH is 1. The normalized spacial score (nSPS) is 28.7. The van der Waals surface area contributed by atoms with Crippen LogP contribution in [0.2, 0.25) is 0 Å². The first-order valence-electron chi connectivity index (χ1n) is 7.16. The molecule has 2 aliphatic rings. The molecule has 1 aromatic rings. The summed E-state index contributed by atoms with van der Waals surface area (Å²) in [6.45, 7) is 4.45. The zero-order valence-corrected chi connectivity index (χ0v) is 12.1. The lowest BCUT2D eigenvalue weighted by Crippen LogP contribution is -2.52. The van der Waals surface area contributed by atoms with Gasteiger partial charge < -0.3 is 10.4 Å². The number of hydrogen-bond donors (Lipinski definition) is 2. The molecular weight excluding hydrogens is 256 g/mol. The molecule has 4 heteroatoms. The second-order valence-electron chi connectivity index (χ2n) is 5.37. The van der Waals surface area contributed by atoms with Crippen LogP contribution in [0.25, 0.3) is 0 Å². The van der Waals surface area contributed by atoms with E-state index in [9.17, 15) is 5.11 Å². The lowest BCUT2D eigenvalue weighted by Gasteiger charge is -2.46. The molecule has 2 aliphatic heterocycles. The minimum Gasteiger partial charge on any atom is -0.394 e. The van der Waals surface area contributed by atoms with Crippen molar-refractivity contribution in [2.24, 2.45) is 0 Å². The Balaban J connectivity index is 1.98. The third kappa shape index (κ3) is 2.42. The second-order valence-corrected chi connectivity index (χ2v) is 6.51. The highest BCUT2D eigenvalue weighted by Crippen LogP contribution is 2.43. The number of fused-ring (bicyclic) bond motifs is 1. The molecule has 3 nitrogen and oxygen atoms in total. The molecule has 104 valence electrons. The van der Waals surface area contributed by atoms with E-state index in [-0.39, 0.29) is 12.1 Å². The summed E-state index contributed by atoms with van der Waals surface area (Å²) in [5.41, 5.74) is 1.17. The first-order chi connectivity index (χ1) is 9.37. The average molecular weight is 278 g/mol. The van der Waals surface area contributed by atoms with Crippen LogP contribution in [0.1, 0.15) is 18.4 Å². The average Bonchev–Trinajstić information content (AvgIpc) is 2.76. The Morgan fingerprint density at radius 2 is 2.16 bits per heavy atom. The number of hydrogen-bond acceptors (Lipinski definition) is 4. The summed E-state index contributed by atoms with van der Waals surface area (Å²) in [5, 5.41) is 13.6. The highest BCUT2D eigenvalue weighted by atomic mass is 32.2. The van der Waals surface area contributed by atoms with Gasteiger partial charge in [0, 0.05) is 30.3 Å². The van der Waals surface area contributed by atoms with Crippen LogP contribution in [-0.4, -0.2) is 48.5 Å². The maximum absolute atomic E-state index is 10.2. The standard InChI is InChI=1S/C15H22N2OS/c18-12-15(17-9-3-7-16-8-10-17)6-11-19-14-5-2-1-4-13(14)15/h1-2,4-5,16,18H,3,6-12H2. The molecule has 3 rings (SSSR count). The second kappa shape index (κ2) is 5.83. The van der Waals surface area contributed by atoms with Gasteiger partial charge in [-0.1, -0.05) is 18.2 Å². The van der Waals surface area contributed by atoms with E-state index in [4.69, 9.17) is 0 Å². The SMILES string of the molecule is OCC1(N2CCCNCC2)CCSc2ccccc21. The number of nitrogens with zero attached hydrogens (tertiary/aromatic N) is 1. The third-order valence-corrected chi connectivity index (χ3v) is 5.44. The van der Waals surface area contributed by atoms with Gasteiger partial charge in [-0.05, 0) is 31.0 Å². The number of rotatable bonds is 2. The Morgan fingerprint density at radius 1 is 1.26 bits per heavy atom. The van der Waals surface area contributed by atoms with Gasteiger partial charge in [-0.3, -0.25) is 4.90 Å². The zero-order valence-electron chi connectivity index (χ0n) is 11.3. The van der Waals surface area contributed by atoms with Crippen molar-refractivity contribution in [3.8, 4) is 0 Å². The fraction of sp³-hybridized carbons (Fsp3) is 0.600. The van der Waals surface area contributed by atoms with E-state index in [1.807, 2.05) is 11.8 Å². The molecule has 1 atom stereocenters. The van der Waals surface area contributed by atoms with Crippen LogP contribution in [-0.2, 0) is 5.54 Å². The number of aliphatic hydroxyl groups is 1. The fourth-order valence-corrected chi connectivity index (χ4v) is 4.56. The van der Waals surface area contributed by atoms with Crippen LogP contribution in [0.3, 0.4) is 0 Å². The van der Waals surface area contributed by atoms with Crippen molar-refractivity contribution >= 4 is 11.8 Å². The number of benzene rings is 1. The Kier molecular flexibility index (Phi) is 4.12. The monoisotopic (exact) mass is 278 g/mol. The predicted octanol–water partition coefficient (Wildman–Crippen LogP) is 1.67. The van der Waals surface area contributed by atoms with E-state index < -0.39 is 0 Å². The summed E-state index contributed by atoms with van der Waals surface area (Å²) >= 11 is 1.92. The van der Waals surface area contributed by atoms with Crippen molar-refractivity contribution in [3.05, 3.63) is 29.8 Å². The molecule has 1 aromatic carbocycles. The number of nitrogens with one attached hydrogen (secondary N) is 1. The molecule has 0 radical (unpaired) electrons. The van der Waals surface area contributed by atoms with E-state index in [1.54, 1.807) is 0 Å². The molecule has 19 heavy (non-hydrogen) atoms. The van der Waals surface area contributed by atoms with Crippen LogP contribution in [0.5, 0.6) is 0 Å². The minimum atomic E-state index is -0.159. The van der Waals surface area contributed by atoms with E-state index >= 15 is 0 Å². The topological polar surface area (TPSA) is 35.5 Å². The van der Waals surface area contributed by atoms with Gasteiger partial charge in [0.15, 0.2) is 0 Å². The van der Waals surface area contributed by atoms with Crippen LogP contribution in [0.15, 0.2) is 29.2 Å². The Hall–Kier alpha value is -0.550. The van der Waals surface area contributed by atoms with Crippen LogP contribution >= 0.6 is 11.8 Å². The van der Waals surface area contributed by atoms with E-state index in [0.717, 1.165) is 44.8 Å². The quantitative estimate of drug-likeness (QED) is 0.862. The summed E-state index contributed by atoms with van der Waals surface area (Å²) < 4.78 is 0. The largest absolute Gasteiger partial charge is 0.394 e. The van der Waals surface area contributed by atoms with Crippen molar-refractivity contribution in [3.63, 3.8) is 0 Å². The van der Waals surface area contributed by atoms with Gasteiger partial charge in [-0.15, -0.1) is 11.8 Å². The summed E-state index contributed by atoms with van der Waals surface area (Å²) in [4.78, 5) is 3.85. The Labute approximate surface area is 119 Å². The lowest BCUT2D eigenvalue weighted by atomic mass is 9.85. The van der Waals surface area contributed by atoms with Gasteiger partial charge in [-0.2, -0.15) is 0 Å². The predicted molar refractivity (Wildman–Crippen MR) is 79.6 cm³/mol. The van der Waals surface area contributed by atoms with Crippen LogP contribution in [0, 0.1) is 0 Å². The smallest absolute Gasteiger partial charge is 0.0713 e. The van der Waals surface area contributed by atoms with Gasteiger partial charge >= 0.3 is 0 Å². The fourth-order valence-electron chi connectivity index (χ4n) is 3.31. The highest BCUT2D eigenvalue weighted by Gasteiger charge is 2.41. The van der Waals surface area contributed by atoms with Gasteiger partial charge in [0.2, 0.25) is 0 Å². The zero-order chi connectivity index (χ0) is 13.1. The molecule has 0 amide bonds. The number of thioether (sulfide) groups is 1. The van der Waals surface area contributed by atoms with Crippen molar-refractivity contribution in [2.75, 3.05) is 38.5 Å². The summed E-state index contributed by atoms with van der Waals surface area (Å²) in [6.07, 6.45) is 2.21. The molecule has 1 saturated heterocycles. The summed E-state index contributed by atoms with van der Waals surface area (Å²) in [5.74, 6) is 1.10. The minimum absolute atomic E-state index is 0.159. The third-order valence-electron chi connectivity index (χ3n) is 4.37. The maximum atomic E-state index is 10.2. The van der Waals surface area contributed by atoms with Crippen molar-refractivity contribution < 1.29 is 5.11 Å². The van der Waals surface area contributed by atoms with E-state index in [1.165, 1.54) is 10.5 Å². The van der Waals surface area contributed by atoms with Gasteiger partial charge in [0.05, 0.1) is 12.1 Å². The van der Waals surface area contributed by atoms with Gasteiger partial charge in [0.25, 0.3) is 0 Å². The maximum Gasteiger partial charge on any atom is 0.0713 e. The lowest BCUT2D eigenvalue weighted by molar-refractivity contribution is 0.0243. The Morgan fingerprint density at radius 3 is 3.05 bits per heavy atom. The Bertz CT molecular complexity index is 432. The van der Waals surface area contributed by atoms with E-state index in [0.29, 0.717) is 0 Å². The van der Waals surface area contributed by atoms with Crippen molar-refractivity contribution in [2.45, 2.75) is 23.3 Å². The molecule has 0 spiro atoms. The molecule has 0 aromatic heterocycles. The molecular formula is C15H22N2OS. The molecule has 2 heterocycles. The molecule has 0 aliphatic carbocycles. The molecule has 0 bridgehead atoms. The van der Waals surface area contributed by atoms with E-state index in [2.05, 4.69) is 34.5 Å². The van der Waals surface area contributed by atoms with Gasteiger partial charge in [-0.25, -0.2) is 0 Å². The summed E-state index contributed by atoms with van der Waals surface area (Å²) in [7, 11) is 0. The van der Waals surface area contributed by atoms with Crippen molar-refractivity contribution in [1.29, 1.82) is 0 Å².